The van der Waals surface area contributed by atoms with Gasteiger partial charge in [-0.2, -0.15) is 5.10 Å². The van der Waals surface area contributed by atoms with Crippen molar-refractivity contribution in [3.05, 3.63) is 24.8 Å². The molecule has 2 aromatic heterocycles. The third-order valence-corrected chi connectivity index (χ3v) is 4.62. The highest BCUT2D eigenvalue weighted by Gasteiger charge is 2.12. The SMILES string of the molecule is Cn1ccc(-c2cncn2COCC[Si](C)(C)C)n1. The highest BCUT2D eigenvalue weighted by Crippen LogP contribution is 2.16. The van der Waals surface area contributed by atoms with E-state index in [1.54, 1.807) is 11.0 Å². The van der Waals surface area contributed by atoms with Crippen molar-refractivity contribution in [2.24, 2.45) is 7.05 Å². The van der Waals surface area contributed by atoms with Gasteiger partial charge in [0, 0.05) is 27.9 Å². The molecule has 2 rings (SSSR count). The van der Waals surface area contributed by atoms with Crippen LogP contribution in [0, 0.1) is 0 Å². The van der Waals surface area contributed by atoms with Gasteiger partial charge in [0.25, 0.3) is 0 Å². The van der Waals surface area contributed by atoms with E-state index in [2.05, 4.69) is 29.7 Å². The molecule has 0 aliphatic carbocycles. The van der Waals surface area contributed by atoms with Gasteiger partial charge >= 0.3 is 0 Å². The molecule has 0 atom stereocenters. The van der Waals surface area contributed by atoms with Gasteiger partial charge in [0.1, 0.15) is 12.4 Å². The number of aromatic nitrogens is 4. The van der Waals surface area contributed by atoms with E-state index in [0.29, 0.717) is 6.73 Å². The van der Waals surface area contributed by atoms with E-state index in [4.69, 9.17) is 4.74 Å². The second-order valence-corrected chi connectivity index (χ2v) is 11.6. The Balaban J connectivity index is 1.93. The highest BCUT2D eigenvalue weighted by atomic mass is 28.3. The molecule has 0 aromatic carbocycles. The summed E-state index contributed by atoms with van der Waals surface area (Å²) < 4.78 is 9.53. The molecule has 0 bridgehead atoms. The van der Waals surface area contributed by atoms with Crippen LogP contribution in [0.15, 0.2) is 24.8 Å². The number of rotatable bonds is 6. The van der Waals surface area contributed by atoms with Crippen LogP contribution in [0.5, 0.6) is 0 Å². The zero-order valence-corrected chi connectivity index (χ0v) is 13.1. The van der Waals surface area contributed by atoms with E-state index in [9.17, 15) is 0 Å². The van der Waals surface area contributed by atoms with Crippen LogP contribution in [0.2, 0.25) is 25.7 Å². The van der Waals surface area contributed by atoms with Crippen molar-refractivity contribution >= 4 is 8.07 Å². The van der Waals surface area contributed by atoms with Gasteiger partial charge in [-0.3, -0.25) is 4.68 Å². The van der Waals surface area contributed by atoms with E-state index in [0.717, 1.165) is 18.0 Å². The molecule has 2 heterocycles. The molecular weight excluding hydrogens is 256 g/mol. The van der Waals surface area contributed by atoms with Crippen molar-refractivity contribution < 1.29 is 4.74 Å². The summed E-state index contributed by atoms with van der Waals surface area (Å²) in [6, 6.07) is 3.16. The molecule has 5 nitrogen and oxygen atoms in total. The van der Waals surface area contributed by atoms with Crippen LogP contribution in [0.25, 0.3) is 11.4 Å². The molecule has 0 saturated heterocycles. The molecule has 0 aliphatic rings. The fraction of sp³-hybridized carbons (Fsp3) is 0.538. The Morgan fingerprint density at radius 2 is 2.11 bits per heavy atom. The summed E-state index contributed by atoms with van der Waals surface area (Å²) in [5.41, 5.74) is 1.92. The molecule has 6 heteroatoms. The maximum absolute atomic E-state index is 5.75. The summed E-state index contributed by atoms with van der Waals surface area (Å²) in [6.07, 6.45) is 5.54. The zero-order valence-electron chi connectivity index (χ0n) is 12.1. The van der Waals surface area contributed by atoms with Crippen LogP contribution in [0.4, 0.5) is 0 Å². The number of imidazole rings is 1. The van der Waals surface area contributed by atoms with Crippen molar-refractivity contribution in [3.63, 3.8) is 0 Å². The van der Waals surface area contributed by atoms with E-state index < -0.39 is 8.07 Å². The minimum absolute atomic E-state index is 0.538. The average molecular weight is 278 g/mol. The lowest BCUT2D eigenvalue weighted by molar-refractivity contribution is 0.0881. The summed E-state index contributed by atoms with van der Waals surface area (Å²) in [4.78, 5) is 4.18. The van der Waals surface area contributed by atoms with Gasteiger partial charge in [0.15, 0.2) is 0 Å². The minimum atomic E-state index is -1.02. The minimum Gasteiger partial charge on any atom is -0.361 e. The molecule has 0 spiro atoms. The summed E-state index contributed by atoms with van der Waals surface area (Å²) in [5.74, 6) is 0. The van der Waals surface area contributed by atoms with Gasteiger partial charge in [-0.15, -0.1) is 0 Å². The van der Waals surface area contributed by atoms with Crippen LogP contribution in [0.1, 0.15) is 0 Å². The third-order valence-electron chi connectivity index (χ3n) is 2.92. The third kappa shape index (κ3) is 4.04. The number of hydrogen-bond donors (Lipinski definition) is 0. The molecule has 0 radical (unpaired) electrons. The zero-order chi connectivity index (χ0) is 13.9. The van der Waals surface area contributed by atoms with Gasteiger partial charge < -0.3 is 9.30 Å². The highest BCUT2D eigenvalue weighted by molar-refractivity contribution is 6.76. The molecule has 0 unspecified atom stereocenters. The Morgan fingerprint density at radius 1 is 1.32 bits per heavy atom. The molecular formula is C13H22N4OSi. The monoisotopic (exact) mass is 278 g/mol. The van der Waals surface area contributed by atoms with E-state index in [1.807, 2.05) is 30.1 Å². The predicted molar refractivity (Wildman–Crippen MR) is 78.5 cm³/mol. The number of aryl methyl sites for hydroxylation is 1. The summed E-state index contributed by atoms with van der Waals surface area (Å²) in [5, 5.41) is 4.39. The van der Waals surface area contributed by atoms with Gasteiger partial charge in [0.05, 0.1) is 18.2 Å². The Bertz CT molecular complexity index is 527. The molecule has 0 aliphatic heterocycles. The van der Waals surface area contributed by atoms with Crippen LogP contribution in [0.3, 0.4) is 0 Å². The molecule has 2 aromatic rings. The number of ether oxygens (including phenoxy) is 1. The normalized spacial score (nSPS) is 12.0. The van der Waals surface area contributed by atoms with Gasteiger partial charge in [-0.05, 0) is 12.1 Å². The first-order valence-corrected chi connectivity index (χ1v) is 10.2. The lowest BCUT2D eigenvalue weighted by Crippen LogP contribution is -2.22. The molecule has 104 valence electrons. The molecule has 0 saturated carbocycles. The van der Waals surface area contributed by atoms with Gasteiger partial charge in [-0.25, -0.2) is 4.98 Å². The second kappa shape index (κ2) is 5.71. The van der Waals surface area contributed by atoms with E-state index >= 15 is 0 Å². The number of nitrogens with zero attached hydrogens (tertiary/aromatic N) is 4. The molecule has 0 N–H and O–H groups in total. The Labute approximate surface area is 115 Å². The second-order valence-electron chi connectivity index (χ2n) is 5.97. The lowest BCUT2D eigenvalue weighted by atomic mass is 10.3. The summed E-state index contributed by atoms with van der Waals surface area (Å²) in [7, 11) is 0.892. The molecule has 19 heavy (non-hydrogen) atoms. The standard InChI is InChI=1S/C13H22N4OSi/c1-16-6-5-12(15-16)13-9-14-10-17(13)11-18-7-8-19(2,3)4/h5-6,9-10H,7-8,11H2,1-4H3. The van der Waals surface area contributed by atoms with Crippen molar-refractivity contribution in [2.75, 3.05) is 6.61 Å². The van der Waals surface area contributed by atoms with Crippen LogP contribution in [-0.4, -0.2) is 34.0 Å². The maximum Gasteiger partial charge on any atom is 0.124 e. The van der Waals surface area contributed by atoms with Gasteiger partial charge in [-0.1, -0.05) is 19.6 Å². The van der Waals surface area contributed by atoms with Crippen LogP contribution >= 0.6 is 0 Å². The predicted octanol–water partition coefficient (Wildman–Crippen LogP) is 2.60. The van der Waals surface area contributed by atoms with E-state index in [-0.39, 0.29) is 0 Å². The Kier molecular flexibility index (Phi) is 4.21. The molecule has 0 fully saturated rings. The van der Waals surface area contributed by atoms with Crippen molar-refractivity contribution in [3.8, 4) is 11.4 Å². The first-order valence-electron chi connectivity index (χ1n) is 6.54. The van der Waals surface area contributed by atoms with Gasteiger partial charge in [0.2, 0.25) is 0 Å². The molecule has 0 amide bonds. The topological polar surface area (TPSA) is 44.9 Å². The fourth-order valence-electron chi connectivity index (χ4n) is 1.73. The first-order chi connectivity index (χ1) is 8.96. The average Bonchev–Trinajstić information content (AvgIpc) is 2.91. The summed E-state index contributed by atoms with van der Waals surface area (Å²) in [6.45, 7) is 8.42. The van der Waals surface area contributed by atoms with Crippen LogP contribution in [-0.2, 0) is 18.5 Å². The van der Waals surface area contributed by atoms with Crippen molar-refractivity contribution in [1.29, 1.82) is 0 Å². The Morgan fingerprint density at radius 3 is 2.74 bits per heavy atom. The lowest BCUT2D eigenvalue weighted by Gasteiger charge is -2.15. The largest absolute Gasteiger partial charge is 0.361 e. The van der Waals surface area contributed by atoms with Crippen molar-refractivity contribution in [1.82, 2.24) is 19.3 Å². The van der Waals surface area contributed by atoms with Crippen molar-refractivity contribution in [2.45, 2.75) is 32.4 Å². The Hall–Kier alpha value is -1.40. The van der Waals surface area contributed by atoms with E-state index in [1.165, 1.54) is 6.04 Å². The van der Waals surface area contributed by atoms with Crippen LogP contribution < -0.4 is 0 Å². The summed E-state index contributed by atoms with van der Waals surface area (Å²) >= 11 is 0. The first kappa shape index (κ1) is 14.0. The fourth-order valence-corrected chi connectivity index (χ4v) is 2.49. The maximum atomic E-state index is 5.75. The smallest absolute Gasteiger partial charge is 0.124 e. The quantitative estimate of drug-likeness (QED) is 0.602. The number of hydrogen-bond acceptors (Lipinski definition) is 3.